The smallest absolute Gasteiger partial charge is 0.259 e. The molecule has 1 aromatic heterocycles. The van der Waals surface area contributed by atoms with Gasteiger partial charge in [0.2, 0.25) is 0 Å². The number of halogens is 3. The second-order valence-electron chi connectivity index (χ2n) is 6.20. The quantitative estimate of drug-likeness (QED) is 0.832. The van der Waals surface area contributed by atoms with Gasteiger partial charge in [-0.15, -0.1) is 12.4 Å². The molecule has 2 unspecified atom stereocenters. The van der Waals surface area contributed by atoms with Crippen LogP contribution in [0.15, 0.2) is 22.7 Å². The van der Waals surface area contributed by atoms with Gasteiger partial charge in [0.15, 0.2) is 0 Å². The first kappa shape index (κ1) is 20.0. The number of nitrogens with zero attached hydrogens (tertiary/aromatic N) is 2. The fraction of sp³-hybridized carbons (Fsp3) is 0.412. The van der Waals surface area contributed by atoms with Crippen LogP contribution in [-0.2, 0) is 0 Å². The van der Waals surface area contributed by atoms with Gasteiger partial charge in [-0.1, -0.05) is 34.4 Å². The molecule has 1 saturated heterocycles. The molecule has 2 N–H and O–H groups in total. The fourth-order valence-corrected chi connectivity index (χ4v) is 3.83. The van der Waals surface area contributed by atoms with Crippen molar-refractivity contribution in [2.75, 3.05) is 13.1 Å². The molecule has 1 aromatic carbocycles. The molecule has 8 heteroatoms. The number of aryl methyl sites for hydroxylation is 1. The van der Waals surface area contributed by atoms with Crippen LogP contribution < -0.4 is 5.73 Å². The van der Waals surface area contributed by atoms with E-state index in [1.165, 1.54) is 0 Å². The third kappa shape index (κ3) is 3.65. The molecule has 1 fully saturated rings. The van der Waals surface area contributed by atoms with Gasteiger partial charge in [0.1, 0.15) is 17.0 Å². The second-order valence-corrected chi connectivity index (χ2v) is 7.02. The van der Waals surface area contributed by atoms with Crippen molar-refractivity contribution in [3.05, 3.63) is 39.6 Å². The largest absolute Gasteiger partial charge is 0.360 e. The molecule has 2 atom stereocenters. The van der Waals surface area contributed by atoms with Crippen molar-refractivity contribution in [3.63, 3.8) is 0 Å². The molecule has 2 aromatic rings. The molecular formula is C17H20Cl3N3O2. The summed E-state index contributed by atoms with van der Waals surface area (Å²) in [6.07, 6.45) is 0.898. The Labute approximate surface area is 162 Å². The zero-order valence-electron chi connectivity index (χ0n) is 14.0. The minimum atomic E-state index is -0.122. The van der Waals surface area contributed by atoms with Crippen LogP contribution in [0.5, 0.6) is 0 Å². The summed E-state index contributed by atoms with van der Waals surface area (Å²) in [5.74, 6) is 0.647. The van der Waals surface area contributed by atoms with Gasteiger partial charge in [-0.3, -0.25) is 4.79 Å². The predicted octanol–water partition coefficient (Wildman–Crippen LogP) is 4.19. The highest BCUT2D eigenvalue weighted by Crippen LogP contribution is 2.38. The van der Waals surface area contributed by atoms with E-state index >= 15 is 0 Å². The highest BCUT2D eigenvalue weighted by Gasteiger charge is 2.36. The summed E-state index contributed by atoms with van der Waals surface area (Å²) in [7, 11) is 0. The zero-order valence-corrected chi connectivity index (χ0v) is 16.3. The Hall–Kier alpha value is -1.27. The van der Waals surface area contributed by atoms with Crippen LogP contribution in [0.25, 0.3) is 11.3 Å². The SMILES string of the molecule is Cc1onc(-c2c(Cl)cccc2Cl)c1C(=O)N1CC(CN)CC1C.Cl. The molecule has 2 heterocycles. The number of carbonyl (C=O) groups excluding carboxylic acids is 1. The number of hydrogen-bond acceptors (Lipinski definition) is 4. The minimum absolute atomic E-state index is 0. The van der Waals surface area contributed by atoms with Gasteiger partial charge in [-0.25, -0.2) is 0 Å². The Bertz CT molecular complexity index is 758. The number of amides is 1. The first-order valence-electron chi connectivity index (χ1n) is 7.85. The van der Waals surface area contributed by atoms with Crippen molar-refractivity contribution in [3.8, 4) is 11.3 Å². The molecule has 0 spiro atoms. The summed E-state index contributed by atoms with van der Waals surface area (Å²) in [6.45, 7) is 4.95. The summed E-state index contributed by atoms with van der Waals surface area (Å²) in [6, 6.07) is 5.29. The molecular weight excluding hydrogens is 385 g/mol. The number of benzene rings is 1. The van der Waals surface area contributed by atoms with E-state index < -0.39 is 0 Å². The lowest BCUT2D eigenvalue weighted by Crippen LogP contribution is -2.35. The van der Waals surface area contributed by atoms with Crippen molar-refractivity contribution < 1.29 is 9.32 Å². The monoisotopic (exact) mass is 403 g/mol. The summed E-state index contributed by atoms with van der Waals surface area (Å²) in [5, 5.41) is 4.91. The van der Waals surface area contributed by atoms with Gasteiger partial charge in [0.25, 0.3) is 5.91 Å². The average Bonchev–Trinajstić information content (AvgIpc) is 3.10. The van der Waals surface area contributed by atoms with Crippen molar-refractivity contribution in [1.29, 1.82) is 0 Å². The van der Waals surface area contributed by atoms with E-state index in [0.29, 0.717) is 51.6 Å². The van der Waals surface area contributed by atoms with Crippen molar-refractivity contribution in [1.82, 2.24) is 10.1 Å². The number of carbonyl (C=O) groups is 1. The van der Waals surface area contributed by atoms with E-state index in [9.17, 15) is 4.79 Å². The molecule has 1 aliphatic heterocycles. The van der Waals surface area contributed by atoms with Gasteiger partial charge in [-0.05, 0) is 44.9 Å². The molecule has 5 nitrogen and oxygen atoms in total. The first-order chi connectivity index (χ1) is 11.4. The number of nitrogens with two attached hydrogens (primary N) is 1. The molecule has 0 bridgehead atoms. The standard InChI is InChI=1S/C17H19Cl2N3O2.ClH/c1-9-6-11(7-20)8-22(9)17(23)14-10(2)24-21-16(14)15-12(18)4-3-5-13(15)19;/h3-5,9,11H,6-8,20H2,1-2H3;1H. The Morgan fingerprint density at radius 2 is 2.04 bits per heavy atom. The minimum Gasteiger partial charge on any atom is -0.360 e. The van der Waals surface area contributed by atoms with E-state index in [1.807, 2.05) is 11.8 Å². The third-order valence-corrected chi connectivity index (χ3v) is 5.16. The van der Waals surface area contributed by atoms with Gasteiger partial charge < -0.3 is 15.2 Å². The van der Waals surface area contributed by atoms with E-state index in [-0.39, 0.29) is 24.4 Å². The second kappa shape index (κ2) is 7.96. The molecule has 3 rings (SSSR count). The van der Waals surface area contributed by atoms with Crippen LogP contribution in [0, 0.1) is 12.8 Å². The van der Waals surface area contributed by atoms with E-state index in [0.717, 1.165) is 6.42 Å². The Morgan fingerprint density at radius 1 is 1.40 bits per heavy atom. The van der Waals surface area contributed by atoms with Gasteiger partial charge in [0, 0.05) is 18.2 Å². The lowest BCUT2D eigenvalue weighted by atomic mass is 10.0. The topological polar surface area (TPSA) is 72.4 Å². The van der Waals surface area contributed by atoms with Crippen molar-refractivity contribution >= 4 is 41.5 Å². The molecule has 1 amide bonds. The van der Waals surface area contributed by atoms with Gasteiger partial charge in [-0.2, -0.15) is 0 Å². The number of hydrogen-bond donors (Lipinski definition) is 1. The third-order valence-electron chi connectivity index (χ3n) is 4.53. The van der Waals surface area contributed by atoms with E-state index in [1.54, 1.807) is 25.1 Å². The first-order valence-corrected chi connectivity index (χ1v) is 8.61. The summed E-state index contributed by atoms with van der Waals surface area (Å²) >= 11 is 12.6. The number of rotatable bonds is 3. The van der Waals surface area contributed by atoms with Gasteiger partial charge in [0.05, 0.1) is 10.0 Å². The van der Waals surface area contributed by atoms with E-state index in [2.05, 4.69) is 5.16 Å². The highest BCUT2D eigenvalue weighted by atomic mass is 35.5. The van der Waals surface area contributed by atoms with Crippen LogP contribution in [-0.4, -0.2) is 35.1 Å². The molecule has 0 radical (unpaired) electrons. The summed E-state index contributed by atoms with van der Waals surface area (Å²) in [4.78, 5) is 14.9. The Morgan fingerprint density at radius 3 is 2.60 bits per heavy atom. The maximum Gasteiger partial charge on any atom is 0.259 e. The maximum atomic E-state index is 13.1. The van der Waals surface area contributed by atoms with Crippen LogP contribution >= 0.6 is 35.6 Å². The molecule has 0 saturated carbocycles. The van der Waals surface area contributed by atoms with Crippen LogP contribution in [0.3, 0.4) is 0 Å². The lowest BCUT2D eigenvalue weighted by molar-refractivity contribution is 0.0742. The number of aromatic nitrogens is 1. The van der Waals surface area contributed by atoms with E-state index in [4.69, 9.17) is 33.5 Å². The fourth-order valence-electron chi connectivity index (χ4n) is 3.26. The highest BCUT2D eigenvalue weighted by molar-refractivity contribution is 6.39. The summed E-state index contributed by atoms with van der Waals surface area (Å²) < 4.78 is 5.29. The molecule has 25 heavy (non-hydrogen) atoms. The van der Waals surface area contributed by atoms with Crippen LogP contribution in [0.1, 0.15) is 29.5 Å². The van der Waals surface area contributed by atoms with Crippen LogP contribution in [0.4, 0.5) is 0 Å². The Balaban J connectivity index is 0.00000225. The molecule has 136 valence electrons. The maximum absolute atomic E-state index is 13.1. The van der Waals surface area contributed by atoms with Crippen molar-refractivity contribution in [2.45, 2.75) is 26.3 Å². The zero-order chi connectivity index (χ0) is 17.4. The normalized spacial score (nSPS) is 19.8. The number of likely N-dealkylation sites (tertiary alicyclic amines) is 1. The predicted molar refractivity (Wildman–Crippen MR) is 102 cm³/mol. The molecule has 1 aliphatic rings. The van der Waals surface area contributed by atoms with Gasteiger partial charge >= 0.3 is 0 Å². The average molecular weight is 405 g/mol. The van der Waals surface area contributed by atoms with Crippen LogP contribution in [0.2, 0.25) is 10.0 Å². The Kier molecular flexibility index (Phi) is 6.38. The molecule has 0 aliphatic carbocycles. The van der Waals surface area contributed by atoms with Crippen molar-refractivity contribution in [2.24, 2.45) is 11.7 Å². The summed E-state index contributed by atoms with van der Waals surface area (Å²) in [5.41, 5.74) is 7.08. The lowest BCUT2D eigenvalue weighted by Gasteiger charge is -2.21.